The van der Waals surface area contributed by atoms with E-state index in [1.807, 2.05) is 0 Å². The van der Waals surface area contributed by atoms with Gasteiger partial charge in [0.2, 0.25) is 0 Å². The van der Waals surface area contributed by atoms with Crippen molar-refractivity contribution in [3.05, 3.63) is 0 Å². The Hall–Kier alpha value is -1.10. The van der Waals surface area contributed by atoms with Gasteiger partial charge in [-0.3, -0.25) is 4.79 Å². The SMILES string of the molecule is CC(C)(C)OC(=O)N[C@@H](CN)C(=O)C(C)(C)C. The number of nitrogens with two attached hydrogens (primary N) is 1. The van der Waals surface area contributed by atoms with Crippen LogP contribution in [0.5, 0.6) is 0 Å². The van der Waals surface area contributed by atoms with Gasteiger partial charge in [-0.05, 0) is 20.8 Å². The van der Waals surface area contributed by atoms with E-state index >= 15 is 0 Å². The zero-order valence-electron chi connectivity index (χ0n) is 11.6. The molecule has 100 valence electrons. The topological polar surface area (TPSA) is 81.4 Å². The summed E-state index contributed by atoms with van der Waals surface area (Å²) in [5, 5.41) is 2.49. The summed E-state index contributed by atoms with van der Waals surface area (Å²) in [6.45, 7) is 10.7. The van der Waals surface area contributed by atoms with Crippen molar-refractivity contribution in [2.75, 3.05) is 6.54 Å². The molecule has 0 rings (SSSR count). The summed E-state index contributed by atoms with van der Waals surface area (Å²) >= 11 is 0. The molecule has 5 nitrogen and oxygen atoms in total. The van der Waals surface area contributed by atoms with Gasteiger partial charge < -0.3 is 15.8 Å². The van der Waals surface area contributed by atoms with Gasteiger partial charge in [-0.1, -0.05) is 20.8 Å². The fraction of sp³-hybridized carbons (Fsp3) is 0.833. The third-order valence-corrected chi connectivity index (χ3v) is 1.98. The van der Waals surface area contributed by atoms with Gasteiger partial charge in [0.25, 0.3) is 0 Å². The van der Waals surface area contributed by atoms with Crippen molar-refractivity contribution >= 4 is 11.9 Å². The lowest BCUT2D eigenvalue weighted by Gasteiger charge is -2.26. The summed E-state index contributed by atoms with van der Waals surface area (Å²) in [5.74, 6) is -0.106. The third-order valence-electron chi connectivity index (χ3n) is 1.98. The van der Waals surface area contributed by atoms with Gasteiger partial charge in [0.05, 0.1) is 0 Å². The van der Waals surface area contributed by atoms with E-state index in [0.29, 0.717) is 0 Å². The molecule has 1 atom stereocenters. The third kappa shape index (κ3) is 6.26. The van der Waals surface area contributed by atoms with E-state index in [1.54, 1.807) is 41.5 Å². The molecule has 0 saturated heterocycles. The fourth-order valence-electron chi connectivity index (χ4n) is 1.20. The largest absolute Gasteiger partial charge is 0.444 e. The number of hydrogen-bond donors (Lipinski definition) is 2. The fourth-order valence-corrected chi connectivity index (χ4v) is 1.20. The van der Waals surface area contributed by atoms with E-state index in [2.05, 4.69) is 5.32 Å². The second-order valence-corrected chi connectivity index (χ2v) is 6.05. The first kappa shape index (κ1) is 15.9. The van der Waals surface area contributed by atoms with Gasteiger partial charge in [0, 0.05) is 12.0 Å². The highest BCUT2D eigenvalue weighted by Crippen LogP contribution is 2.17. The van der Waals surface area contributed by atoms with E-state index in [4.69, 9.17) is 10.5 Å². The van der Waals surface area contributed by atoms with Crippen LogP contribution in [0.15, 0.2) is 0 Å². The molecule has 0 aliphatic heterocycles. The minimum atomic E-state index is -0.704. The van der Waals surface area contributed by atoms with Crippen LogP contribution in [-0.2, 0) is 9.53 Å². The number of carbonyl (C=O) groups excluding carboxylic acids is 2. The van der Waals surface area contributed by atoms with Crippen LogP contribution in [0.1, 0.15) is 41.5 Å². The van der Waals surface area contributed by atoms with Crippen molar-refractivity contribution in [2.24, 2.45) is 11.1 Å². The maximum atomic E-state index is 11.9. The summed E-state index contributed by atoms with van der Waals surface area (Å²) in [7, 11) is 0. The first-order chi connectivity index (χ1) is 7.47. The first-order valence-corrected chi connectivity index (χ1v) is 5.71. The molecule has 1 amide bonds. The van der Waals surface area contributed by atoms with Crippen molar-refractivity contribution in [1.82, 2.24) is 5.32 Å². The van der Waals surface area contributed by atoms with Crippen LogP contribution in [0.25, 0.3) is 0 Å². The number of amides is 1. The Morgan fingerprint density at radius 2 is 1.65 bits per heavy atom. The molecule has 0 fully saturated rings. The van der Waals surface area contributed by atoms with E-state index in [0.717, 1.165) is 0 Å². The minimum Gasteiger partial charge on any atom is -0.444 e. The quantitative estimate of drug-likeness (QED) is 0.787. The Balaban J connectivity index is 4.53. The minimum absolute atomic E-state index is 0.0648. The molecule has 0 bridgehead atoms. The Morgan fingerprint density at radius 1 is 1.18 bits per heavy atom. The number of Topliss-reactive ketones (excluding diaryl/α,β-unsaturated/α-hetero) is 1. The number of carbonyl (C=O) groups is 2. The van der Waals surface area contributed by atoms with Crippen molar-refractivity contribution in [2.45, 2.75) is 53.2 Å². The maximum Gasteiger partial charge on any atom is 0.408 e. The summed E-state index contributed by atoms with van der Waals surface area (Å²) in [6.07, 6.45) is -0.620. The highest BCUT2D eigenvalue weighted by atomic mass is 16.6. The number of alkyl carbamates (subject to hydrolysis) is 1. The highest BCUT2D eigenvalue weighted by Gasteiger charge is 2.30. The predicted molar refractivity (Wildman–Crippen MR) is 66.7 cm³/mol. The maximum absolute atomic E-state index is 11.9. The summed E-state index contributed by atoms with van der Waals surface area (Å²) in [4.78, 5) is 23.5. The summed E-state index contributed by atoms with van der Waals surface area (Å²) in [5.41, 5.74) is 4.36. The average Bonchev–Trinajstić information content (AvgIpc) is 2.08. The molecule has 0 unspecified atom stereocenters. The van der Waals surface area contributed by atoms with Crippen LogP contribution >= 0.6 is 0 Å². The molecule has 17 heavy (non-hydrogen) atoms. The molecule has 5 heteroatoms. The van der Waals surface area contributed by atoms with Crippen LogP contribution in [-0.4, -0.2) is 30.1 Å². The monoisotopic (exact) mass is 244 g/mol. The molecule has 0 saturated carbocycles. The zero-order chi connectivity index (χ0) is 13.9. The van der Waals surface area contributed by atoms with Crippen LogP contribution in [0.3, 0.4) is 0 Å². The Bertz CT molecular complexity index is 287. The van der Waals surface area contributed by atoms with Crippen molar-refractivity contribution in [3.63, 3.8) is 0 Å². The van der Waals surface area contributed by atoms with Gasteiger partial charge in [0.15, 0.2) is 5.78 Å². The molecule has 0 aromatic carbocycles. The smallest absolute Gasteiger partial charge is 0.408 e. The number of hydrogen-bond acceptors (Lipinski definition) is 4. The van der Waals surface area contributed by atoms with Crippen LogP contribution in [0, 0.1) is 5.41 Å². The van der Waals surface area contributed by atoms with Gasteiger partial charge in [-0.15, -0.1) is 0 Å². The van der Waals surface area contributed by atoms with E-state index in [1.165, 1.54) is 0 Å². The van der Waals surface area contributed by atoms with Gasteiger partial charge in [-0.2, -0.15) is 0 Å². The number of rotatable bonds is 3. The molecular weight excluding hydrogens is 220 g/mol. The molecule has 0 aromatic heterocycles. The highest BCUT2D eigenvalue weighted by molar-refractivity contribution is 5.91. The van der Waals surface area contributed by atoms with Crippen molar-refractivity contribution in [3.8, 4) is 0 Å². The second kappa shape index (κ2) is 5.49. The molecule has 0 spiro atoms. The molecule has 0 heterocycles. The average molecular weight is 244 g/mol. The number of ketones is 1. The zero-order valence-corrected chi connectivity index (χ0v) is 11.6. The Morgan fingerprint density at radius 3 is 1.94 bits per heavy atom. The van der Waals surface area contributed by atoms with Crippen molar-refractivity contribution in [1.29, 1.82) is 0 Å². The van der Waals surface area contributed by atoms with E-state index in [-0.39, 0.29) is 12.3 Å². The lowest BCUT2D eigenvalue weighted by Crippen LogP contribution is -2.51. The second-order valence-electron chi connectivity index (χ2n) is 6.05. The summed E-state index contributed by atoms with van der Waals surface area (Å²) in [6, 6.07) is -0.704. The Kier molecular flexibility index (Phi) is 5.13. The molecule has 0 aromatic rings. The normalized spacial score (nSPS) is 14.1. The lowest BCUT2D eigenvalue weighted by atomic mass is 9.86. The Labute approximate surface area is 103 Å². The molecule has 0 aliphatic carbocycles. The molecule has 0 aliphatic rings. The van der Waals surface area contributed by atoms with Gasteiger partial charge >= 0.3 is 6.09 Å². The van der Waals surface area contributed by atoms with Gasteiger partial charge in [-0.25, -0.2) is 4.79 Å². The van der Waals surface area contributed by atoms with Crippen LogP contribution < -0.4 is 11.1 Å². The summed E-state index contributed by atoms with van der Waals surface area (Å²) < 4.78 is 5.08. The van der Waals surface area contributed by atoms with Crippen LogP contribution in [0.4, 0.5) is 4.79 Å². The number of nitrogens with one attached hydrogen (secondary N) is 1. The van der Waals surface area contributed by atoms with Gasteiger partial charge in [0.1, 0.15) is 11.6 Å². The number of ether oxygens (including phenoxy) is 1. The van der Waals surface area contributed by atoms with E-state index < -0.39 is 23.2 Å². The molecule has 3 N–H and O–H groups in total. The van der Waals surface area contributed by atoms with Crippen LogP contribution in [0.2, 0.25) is 0 Å². The van der Waals surface area contributed by atoms with Crippen molar-refractivity contribution < 1.29 is 14.3 Å². The predicted octanol–water partition coefficient (Wildman–Crippen LogP) is 1.45. The molecule has 0 radical (unpaired) electrons. The van der Waals surface area contributed by atoms with E-state index in [9.17, 15) is 9.59 Å². The lowest BCUT2D eigenvalue weighted by molar-refractivity contribution is -0.128. The first-order valence-electron chi connectivity index (χ1n) is 5.71. The molecular formula is C12H24N2O3. The standard InChI is InChI=1S/C12H24N2O3/c1-11(2,3)9(15)8(7-13)14-10(16)17-12(4,5)6/h8H,7,13H2,1-6H3,(H,14,16)/t8-/m0/s1.